The first kappa shape index (κ1) is 13.1. The number of rotatable bonds is 4. The molecule has 1 saturated carbocycles. The molecule has 0 aliphatic heterocycles. The van der Waals surface area contributed by atoms with Crippen molar-refractivity contribution in [2.24, 2.45) is 11.8 Å². The SMILES string of the molecule is CNc1nc(C)cc(NCC2CCCCC2C)n1. The summed E-state index contributed by atoms with van der Waals surface area (Å²) in [7, 11) is 1.85. The van der Waals surface area contributed by atoms with Crippen molar-refractivity contribution in [1.82, 2.24) is 9.97 Å². The quantitative estimate of drug-likeness (QED) is 0.860. The number of aromatic nitrogens is 2. The Labute approximate surface area is 110 Å². The van der Waals surface area contributed by atoms with Crippen LogP contribution in [0.2, 0.25) is 0 Å². The van der Waals surface area contributed by atoms with Crippen molar-refractivity contribution in [1.29, 1.82) is 0 Å². The number of aryl methyl sites for hydroxylation is 1. The van der Waals surface area contributed by atoms with Crippen LogP contribution in [0.1, 0.15) is 38.3 Å². The molecule has 1 aliphatic rings. The third-order valence-corrected chi connectivity index (χ3v) is 3.91. The van der Waals surface area contributed by atoms with Gasteiger partial charge in [0.15, 0.2) is 0 Å². The van der Waals surface area contributed by atoms with Gasteiger partial charge in [0.1, 0.15) is 5.82 Å². The Hall–Kier alpha value is -1.32. The molecule has 4 nitrogen and oxygen atoms in total. The largest absolute Gasteiger partial charge is 0.370 e. The summed E-state index contributed by atoms with van der Waals surface area (Å²) in [5, 5.41) is 6.46. The standard InChI is InChI=1S/C14H24N4/c1-10-6-4-5-7-12(10)9-16-13-8-11(2)17-14(15-3)18-13/h8,10,12H,4-7,9H2,1-3H3,(H2,15,16,17,18). The molecule has 2 N–H and O–H groups in total. The highest BCUT2D eigenvalue weighted by Crippen LogP contribution is 2.29. The van der Waals surface area contributed by atoms with Gasteiger partial charge in [-0.3, -0.25) is 0 Å². The Morgan fingerprint density at radius 1 is 1.28 bits per heavy atom. The molecule has 0 radical (unpaired) electrons. The van der Waals surface area contributed by atoms with E-state index in [9.17, 15) is 0 Å². The van der Waals surface area contributed by atoms with E-state index in [1.54, 1.807) is 0 Å². The van der Waals surface area contributed by atoms with Crippen LogP contribution < -0.4 is 10.6 Å². The molecule has 1 heterocycles. The first-order chi connectivity index (χ1) is 8.69. The highest BCUT2D eigenvalue weighted by molar-refractivity contribution is 5.41. The van der Waals surface area contributed by atoms with E-state index < -0.39 is 0 Å². The van der Waals surface area contributed by atoms with Gasteiger partial charge in [-0.05, 0) is 25.2 Å². The molecule has 2 rings (SSSR count). The van der Waals surface area contributed by atoms with Gasteiger partial charge >= 0.3 is 0 Å². The van der Waals surface area contributed by atoms with Crippen molar-refractivity contribution in [3.8, 4) is 0 Å². The van der Waals surface area contributed by atoms with Crippen LogP contribution in [-0.2, 0) is 0 Å². The van der Waals surface area contributed by atoms with Gasteiger partial charge in [-0.2, -0.15) is 4.98 Å². The summed E-state index contributed by atoms with van der Waals surface area (Å²) >= 11 is 0. The second-order valence-electron chi connectivity index (χ2n) is 5.37. The van der Waals surface area contributed by atoms with Crippen LogP contribution in [0.5, 0.6) is 0 Å². The van der Waals surface area contributed by atoms with Crippen LogP contribution >= 0.6 is 0 Å². The fourth-order valence-corrected chi connectivity index (χ4v) is 2.70. The smallest absolute Gasteiger partial charge is 0.224 e. The summed E-state index contributed by atoms with van der Waals surface area (Å²) in [4.78, 5) is 8.73. The number of hydrogen-bond donors (Lipinski definition) is 2. The van der Waals surface area contributed by atoms with E-state index in [4.69, 9.17) is 0 Å². The predicted molar refractivity (Wildman–Crippen MR) is 75.9 cm³/mol. The zero-order valence-corrected chi connectivity index (χ0v) is 11.7. The van der Waals surface area contributed by atoms with E-state index in [0.717, 1.165) is 29.9 Å². The number of anilines is 2. The maximum atomic E-state index is 4.43. The monoisotopic (exact) mass is 248 g/mol. The molecule has 0 spiro atoms. The average Bonchev–Trinajstić information content (AvgIpc) is 2.37. The van der Waals surface area contributed by atoms with Crippen LogP contribution in [0.4, 0.5) is 11.8 Å². The Morgan fingerprint density at radius 3 is 2.78 bits per heavy atom. The van der Waals surface area contributed by atoms with Crippen molar-refractivity contribution in [2.45, 2.75) is 39.5 Å². The summed E-state index contributed by atoms with van der Waals surface area (Å²) in [5.41, 5.74) is 0.994. The van der Waals surface area contributed by atoms with Gasteiger partial charge in [-0.15, -0.1) is 0 Å². The minimum atomic E-state index is 0.689. The lowest BCUT2D eigenvalue weighted by atomic mass is 9.80. The minimum absolute atomic E-state index is 0.689. The fraction of sp³-hybridized carbons (Fsp3) is 0.714. The molecule has 1 aliphatic carbocycles. The molecule has 0 amide bonds. The molecule has 0 saturated heterocycles. The highest BCUT2D eigenvalue weighted by atomic mass is 15.1. The molecule has 18 heavy (non-hydrogen) atoms. The van der Waals surface area contributed by atoms with Crippen molar-refractivity contribution in [2.75, 3.05) is 24.2 Å². The normalized spacial score (nSPS) is 23.7. The molecule has 2 atom stereocenters. The van der Waals surface area contributed by atoms with Crippen LogP contribution in [0.3, 0.4) is 0 Å². The van der Waals surface area contributed by atoms with Gasteiger partial charge in [0.05, 0.1) is 0 Å². The van der Waals surface area contributed by atoms with Crippen molar-refractivity contribution in [3.63, 3.8) is 0 Å². The van der Waals surface area contributed by atoms with Gasteiger partial charge in [0.2, 0.25) is 5.95 Å². The Kier molecular flexibility index (Phi) is 4.39. The van der Waals surface area contributed by atoms with Gasteiger partial charge in [0.25, 0.3) is 0 Å². The molecular weight excluding hydrogens is 224 g/mol. The molecule has 100 valence electrons. The van der Waals surface area contributed by atoms with Gasteiger partial charge < -0.3 is 10.6 Å². The van der Waals surface area contributed by atoms with Gasteiger partial charge in [-0.25, -0.2) is 4.98 Å². The summed E-state index contributed by atoms with van der Waals surface area (Å²) in [6.45, 7) is 5.40. The third-order valence-electron chi connectivity index (χ3n) is 3.91. The molecule has 0 aromatic carbocycles. The van der Waals surface area contributed by atoms with E-state index in [-0.39, 0.29) is 0 Å². The number of nitrogens with one attached hydrogen (secondary N) is 2. The molecule has 0 bridgehead atoms. The molecule has 1 fully saturated rings. The van der Waals surface area contributed by atoms with Crippen LogP contribution in [-0.4, -0.2) is 23.6 Å². The maximum absolute atomic E-state index is 4.43. The second-order valence-corrected chi connectivity index (χ2v) is 5.37. The summed E-state index contributed by atoms with van der Waals surface area (Å²) < 4.78 is 0. The lowest BCUT2D eigenvalue weighted by molar-refractivity contribution is 0.268. The molecular formula is C14H24N4. The molecule has 1 aromatic heterocycles. The fourth-order valence-electron chi connectivity index (χ4n) is 2.70. The number of hydrogen-bond acceptors (Lipinski definition) is 4. The van der Waals surface area contributed by atoms with E-state index in [1.165, 1.54) is 25.7 Å². The Balaban J connectivity index is 1.94. The van der Waals surface area contributed by atoms with E-state index in [0.29, 0.717) is 5.95 Å². The zero-order chi connectivity index (χ0) is 13.0. The van der Waals surface area contributed by atoms with Crippen molar-refractivity contribution >= 4 is 11.8 Å². The first-order valence-corrected chi connectivity index (χ1v) is 6.96. The lowest BCUT2D eigenvalue weighted by Gasteiger charge is -2.29. The maximum Gasteiger partial charge on any atom is 0.224 e. The third kappa shape index (κ3) is 3.34. The second kappa shape index (κ2) is 6.03. The first-order valence-electron chi connectivity index (χ1n) is 6.96. The van der Waals surface area contributed by atoms with Gasteiger partial charge in [0, 0.05) is 25.4 Å². The van der Waals surface area contributed by atoms with Crippen molar-refractivity contribution < 1.29 is 0 Å². The highest BCUT2D eigenvalue weighted by Gasteiger charge is 2.20. The topological polar surface area (TPSA) is 49.8 Å². The number of nitrogens with zero attached hydrogens (tertiary/aromatic N) is 2. The van der Waals surface area contributed by atoms with E-state index in [1.807, 2.05) is 20.0 Å². The van der Waals surface area contributed by atoms with Gasteiger partial charge in [-0.1, -0.05) is 26.2 Å². The molecule has 1 aromatic rings. The van der Waals surface area contributed by atoms with Crippen LogP contribution in [0.15, 0.2) is 6.07 Å². The van der Waals surface area contributed by atoms with E-state index in [2.05, 4.69) is 27.5 Å². The van der Waals surface area contributed by atoms with Crippen LogP contribution in [0.25, 0.3) is 0 Å². The lowest BCUT2D eigenvalue weighted by Crippen LogP contribution is -2.24. The van der Waals surface area contributed by atoms with Crippen molar-refractivity contribution in [3.05, 3.63) is 11.8 Å². The molecule has 2 unspecified atom stereocenters. The summed E-state index contributed by atoms with van der Waals surface area (Å²) in [6, 6.07) is 2.01. The average molecular weight is 248 g/mol. The summed E-state index contributed by atoms with van der Waals surface area (Å²) in [5.74, 6) is 3.24. The summed E-state index contributed by atoms with van der Waals surface area (Å²) in [6.07, 6.45) is 5.49. The predicted octanol–water partition coefficient (Wildman–Crippen LogP) is 3.06. The Morgan fingerprint density at radius 2 is 2.06 bits per heavy atom. The minimum Gasteiger partial charge on any atom is -0.370 e. The van der Waals surface area contributed by atoms with Crippen LogP contribution in [0, 0.1) is 18.8 Å². The zero-order valence-electron chi connectivity index (χ0n) is 11.7. The van der Waals surface area contributed by atoms with E-state index >= 15 is 0 Å². The molecule has 4 heteroatoms. The Bertz CT molecular complexity index is 391.